The van der Waals surface area contributed by atoms with E-state index >= 15 is 0 Å². The second kappa shape index (κ2) is 8.63. The van der Waals surface area contributed by atoms with Gasteiger partial charge in [-0.25, -0.2) is 0 Å². The topological polar surface area (TPSA) is 32.3 Å². The molecule has 0 saturated heterocycles. The Morgan fingerprint density at radius 2 is 1.74 bits per heavy atom. The zero-order valence-corrected chi connectivity index (χ0v) is 14.6. The molecular formula is C19H24N2OS. The third kappa shape index (κ3) is 5.64. The third-order valence-electron chi connectivity index (χ3n) is 3.77. The van der Waals surface area contributed by atoms with Crippen LogP contribution < -0.4 is 10.2 Å². The minimum Gasteiger partial charge on any atom is -0.378 e. The second-order valence-corrected chi connectivity index (χ2v) is 6.43. The molecule has 1 unspecified atom stereocenters. The molecule has 0 heterocycles. The van der Waals surface area contributed by atoms with Crippen molar-refractivity contribution in [1.29, 1.82) is 0 Å². The standard InChI is InChI=1S/C19H24N2OS/c1-21(2)17-10-8-16(9-11-17)18(23)12-13-19(22)20-14-15-6-4-3-5-7-15/h3-11,18,23H,12-14H2,1-2H3,(H,20,22). The molecule has 0 radical (unpaired) electrons. The van der Waals surface area contributed by atoms with Crippen LogP contribution in [0.25, 0.3) is 0 Å². The highest BCUT2D eigenvalue weighted by Gasteiger charge is 2.10. The smallest absolute Gasteiger partial charge is 0.220 e. The number of rotatable bonds is 7. The Hall–Kier alpha value is -1.94. The molecule has 1 atom stereocenters. The van der Waals surface area contributed by atoms with Crippen molar-refractivity contribution in [3.8, 4) is 0 Å². The van der Waals surface area contributed by atoms with Crippen molar-refractivity contribution in [2.75, 3.05) is 19.0 Å². The van der Waals surface area contributed by atoms with Gasteiger partial charge in [0.15, 0.2) is 0 Å². The van der Waals surface area contributed by atoms with Crippen LogP contribution >= 0.6 is 12.6 Å². The summed E-state index contributed by atoms with van der Waals surface area (Å²) in [6.07, 6.45) is 1.21. The Balaban J connectivity index is 1.77. The van der Waals surface area contributed by atoms with E-state index in [4.69, 9.17) is 0 Å². The van der Waals surface area contributed by atoms with E-state index in [0.717, 1.165) is 23.2 Å². The van der Waals surface area contributed by atoms with Crippen molar-refractivity contribution < 1.29 is 4.79 Å². The van der Waals surface area contributed by atoms with Gasteiger partial charge in [0.1, 0.15) is 0 Å². The van der Waals surface area contributed by atoms with Crippen LogP contribution in [0.15, 0.2) is 54.6 Å². The van der Waals surface area contributed by atoms with Crippen molar-refractivity contribution in [1.82, 2.24) is 5.32 Å². The molecule has 3 nitrogen and oxygen atoms in total. The predicted octanol–water partition coefficient (Wildman–Crippen LogP) is 3.82. The molecule has 0 aliphatic rings. The lowest BCUT2D eigenvalue weighted by atomic mass is 10.1. The fourth-order valence-corrected chi connectivity index (χ4v) is 2.62. The van der Waals surface area contributed by atoms with Crippen molar-refractivity contribution >= 4 is 24.2 Å². The monoisotopic (exact) mass is 328 g/mol. The number of carbonyl (C=O) groups is 1. The average Bonchev–Trinajstić information content (AvgIpc) is 2.58. The van der Waals surface area contributed by atoms with Gasteiger partial charge in [0.05, 0.1) is 0 Å². The molecular weight excluding hydrogens is 304 g/mol. The molecule has 0 bridgehead atoms. The van der Waals surface area contributed by atoms with Gasteiger partial charge in [-0.15, -0.1) is 0 Å². The van der Waals surface area contributed by atoms with Gasteiger partial charge in [0.25, 0.3) is 0 Å². The van der Waals surface area contributed by atoms with Crippen LogP contribution in [0.2, 0.25) is 0 Å². The molecule has 122 valence electrons. The first-order valence-corrected chi connectivity index (χ1v) is 8.34. The van der Waals surface area contributed by atoms with E-state index < -0.39 is 0 Å². The lowest BCUT2D eigenvalue weighted by Crippen LogP contribution is -2.22. The molecule has 1 amide bonds. The van der Waals surface area contributed by atoms with Gasteiger partial charge < -0.3 is 10.2 Å². The zero-order chi connectivity index (χ0) is 16.7. The van der Waals surface area contributed by atoms with Crippen LogP contribution in [-0.2, 0) is 11.3 Å². The highest BCUT2D eigenvalue weighted by molar-refractivity contribution is 7.80. The lowest BCUT2D eigenvalue weighted by Gasteiger charge is -2.15. The van der Waals surface area contributed by atoms with Crippen molar-refractivity contribution in [2.24, 2.45) is 0 Å². The quantitative estimate of drug-likeness (QED) is 0.757. The van der Waals surface area contributed by atoms with Crippen LogP contribution in [0, 0.1) is 0 Å². The normalized spacial score (nSPS) is 11.8. The highest BCUT2D eigenvalue weighted by atomic mass is 32.1. The largest absolute Gasteiger partial charge is 0.378 e. The summed E-state index contributed by atoms with van der Waals surface area (Å²) in [5, 5.41) is 3.03. The number of amides is 1. The van der Waals surface area contributed by atoms with E-state index in [1.54, 1.807) is 0 Å². The van der Waals surface area contributed by atoms with Gasteiger partial charge >= 0.3 is 0 Å². The van der Waals surface area contributed by atoms with Gasteiger partial charge in [0, 0.05) is 38.0 Å². The number of thiol groups is 1. The number of benzene rings is 2. The number of hydrogen-bond acceptors (Lipinski definition) is 3. The SMILES string of the molecule is CN(C)c1ccc(C(S)CCC(=O)NCc2ccccc2)cc1. The second-order valence-electron chi connectivity index (χ2n) is 5.80. The molecule has 4 heteroatoms. The summed E-state index contributed by atoms with van der Waals surface area (Å²) in [7, 11) is 4.04. The Morgan fingerprint density at radius 1 is 1.09 bits per heavy atom. The van der Waals surface area contributed by atoms with Gasteiger partial charge in [0.2, 0.25) is 5.91 Å². The van der Waals surface area contributed by atoms with E-state index in [0.29, 0.717) is 13.0 Å². The Kier molecular flexibility index (Phi) is 6.53. The Morgan fingerprint density at radius 3 is 2.35 bits per heavy atom. The van der Waals surface area contributed by atoms with Crippen molar-refractivity contribution in [2.45, 2.75) is 24.6 Å². The minimum atomic E-state index is 0.0674. The summed E-state index contributed by atoms with van der Waals surface area (Å²) in [4.78, 5) is 14.0. The van der Waals surface area contributed by atoms with Crippen LogP contribution in [0.5, 0.6) is 0 Å². The Labute approximate surface area is 144 Å². The lowest BCUT2D eigenvalue weighted by molar-refractivity contribution is -0.121. The molecule has 0 saturated carbocycles. The summed E-state index contributed by atoms with van der Waals surface area (Å²) in [6.45, 7) is 0.578. The Bertz CT molecular complexity index is 611. The first kappa shape index (κ1) is 17.4. The number of nitrogens with one attached hydrogen (secondary N) is 1. The number of carbonyl (C=O) groups excluding carboxylic acids is 1. The van der Waals surface area contributed by atoms with E-state index in [1.807, 2.05) is 44.4 Å². The summed E-state index contributed by atoms with van der Waals surface area (Å²) in [6, 6.07) is 18.2. The van der Waals surface area contributed by atoms with Gasteiger partial charge in [-0.05, 0) is 29.7 Å². The van der Waals surface area contributed by atoms with Crippen LogP contribution in [0.4, 0.5) is 5.69 Å². The molecule has 0 aliphatic carbocycles. The van der Waals surface area contributed by atoms with E-state index in [-0.39, 0.29) is 11.2 Å². The molecule has 2 aromatic rings. The minimum absolute atomic E-state index is 0.0674. The third-order valence-corrected chi connectivity index (χ3v) is 4.33. The first-order chi connectivity index (χ1) is 11.1. The van der Waals surface area contributed by atoms with E-state index in [1.165, 1.54) is 0 Å². The van der Waals surface area contributed by atoms with Crippen LogP contribution in [0.1, 0.15) is 29.2 Å². The maximum absolute atomic E-state index is 11.9. The summed E-state index contributed by atoms with van der Waals surface area (Å²) in [5.41, 5.74) is 3.42. The number of anilines is 1. The van der Waals surface area contributed by atoms with Crippen LogP contribution in [0.3, 0.4) is 0 Å². The predicted molar refractivity (Wildman–Crippen MR) is 100 cm³/mol. The molecule has 23 heavy (non-hydrogen) atoms. The summed E-state index contributed by atoms with van der Waals surface area (Å²) < 4.78 is 0. The highest BCUT2D eigenvalue weighted by Crippen LogP contribution is 2.26. The van der Waals surface area contributed by atoms with E-state index in [9.17, 15) is 4.79 Å². The van der Waals surface area contributed by atoms with Crippen LogP contribution in [-0.4, -0.2) is 20.0 Å². The van der Waals surface area contributed by atoms with Gasteiger partial charge in [-0.2, -0.15) is 12.6 Å². The molecule has 0 spiro atoms. The molecule has 0 fully saturated rings. The molecule has 2 rings (SSSR count). The number of hydrogen-bond donors (Lipinski definition) is 2. The fraction of sp³-hybridized carbons (Fsp3) is 0.316. The maximum Gasteiger partial charge on any atom is 0.220 e. The maximum atomic E-state index is 11.9. The molecule has 2 aromatic carbocycles. The zero-order valence-electron chi connectivity index (χ0n) is 13.7. The van der Waals surface area contributed by atoms with Crippen molar-refractivity contribution in [3.63, 3.8) is 0 Å². The summed E-state index contributed by atoms with van der Waals surface area (Å²) >= 11 is 4.62. The van der Waals surface area contributed by atoms with Gasteiger partial charge in [-0.3, -0.25) is 4.79 Å². The number of nitrogens with zero attached hydrogens (tertiary/aromatic N) is 1. The van der Waals surface area contributed by atoms with E-state index in [2.05, 4.69) is 47.1 Å². The fourth-order valence-electron chi connectivity index (χ4n) is 2.31. The van der Waals surface area contributed by atoms with Gasteiger partial charge in [-0.1, -0.05) is 42.5 Å². The molecule has 0 aromatic heterocycles. The average molecular weight is 328 g/mol. The molecule has 0 aliphatic heterocycles. The summed E-state index contributed by atoms with van der Waals surface area (Å²) in [5.74, 6) is 0.0674. The first-order valence-electron chi connectivity index (χ1n) is 7.82. The molecule has 1 N–H and O–H groups in total. The van der Waals surface area contributed by atoms with Crippen molar-refractivity contribution in [3.05, 3.63) is 65.7 Å².